The van der Waals surface area contributed by atoms with Crippen molar-refractivity contribution in [3.05, 3.63) is 48.3 Å². The molecule has 0 radical (unpaired) electrons. The Kier molecular flexibility index (Phi) is 4.90. The number of rotatable bonds is 6. The van der Waals surface area contributed by atoms with Crippen LogP contribution < -0.4 is 11.1 Å². The van der Waals surface area contributed by atoms with Gasteiger partial charge in [-0.2, -0.15) is 5.10 Å². The summed E-state index contributed by atoms with van der Waals surface area (Å²) in [5, 5.41) is 7.01. The first-order valence-electron chi connectivity index (χ1n) is 6.79. The maximum absolute atomic E-state index is 11.7. The lowest BCUT2D eigenvalue weighted by Crippen LogP contribution is -2.26. The smallest absolute Gasteiger partial charge is 0.225 e. The molecule has 1 amide bonds. The molecule has 1 aromatic heterocycles. The van der Waals surface area contributed by atoms with Crippen LogP contribution in [0.4, 0.5) is 5.69 Å². The first-order chi connectivity index (χ1) is 9.67. The molecule has 3 N–H and O–H groups in total. The molecule has 0 saturated heterocycles. The second-order valence-electron chi connectivity index (χ2n) is 4.82. The predicted molar refractivity (Wildman–Crippen MR) is 79.3 cm³/mol. The van der Waals surface area contributed by atoms with E-state index in [1.54, 1.807) is 6.20 Å². The number of nitrogens with zero attached hydrogens (tertiary/aromatic N) is 2. The quantitative estimate of drug-likeness (QED) is 0.844. The lowest BCUT2D eigenvalue weighted by Gasteiger charge is -2.10. The molecular formula is C15H20N4O. The number of nitrogens with one attached hydrogen (secondary N) is 1. The Morgan fingerprint density at radius 3 is 2.75 bits per heavy atom. The minimum atomic E-state index is -0.0749. The van der Waals surface area contributed by atoms with Gasteiger partial charge in [0, 0.05) is 30.5 Å². The van der Waals surface area contributed by atoms with E-state index in [9.17, 15) is 4.79 Å². The van der Waals surface area contributed by atoms with Gasteiger partial charge in [0.2, 0.25) is 5.91 Å². The summed E-state index contributed by atoms with van der Waals surface area (Å²) < 4.78 is 1.86. The Morgan fingerprint density at radius 1 is 1.40 bits per heavy atom. The predicted octanol–water partition coefficient (Wildman–Crippen LogP) is 2.00. The van der Waals surface area contributed by atoms with E-state index in [2.05, 4.69) is 10.4 Å². The molecule has 0 aliphatic carbocycles. The Labute approximate surface area is 118 Å². The number of nitrogens with two attached hydrogens (primary N) is 1. The molecule has 1 aromatic carbocycles. The fourth-order valence-corrected chi connectivity index (χ4v) is 1.87. The molecule has 0 aliphatic rings. The summed E-state index contributed by atoms with van der Waals surface area (Å²) in [6, 6.07) is 9.58. The molecule has 1 heterocycles. The summed E-state index contributed by atoms with van der Waals surface area (Å²) in [6.07, 6.45) is 4.83. The second-order valence-corrected chi connectivity index (χ2v) is 4.82. The van der Waals surface area contributed by atoms with E-state index in [0.717, 1.165) is 24.2 Å². The summed E-state index contributed by atoms with van der Waals surface area (Å²) in [5.41, 5.74) is 7.69. The largest absolute Gasteiger partial charge is 0.327 e. The third-order valence-electron chi connectivity index (χ3n) is 3.11. The van der Waals surface area contributed by atoms with Crippen LogP contribution >= 0.6 is 0 Å². The van der Waals surface area contributed by atoms with Gasteiger partial charge in [-0.1, -0.05) is 19.1 Å². The van der Waals surface area contributed by atoms with Gasteiger partial charge in [-0.25, -0.2) is 0 Å². The van der Waals surface area contributed by atoms with Crippen molar-refractivity contribution in [2.24, 2.45) is 5.73 Å². The number of carbonyl (C=O) groups is 1. The van der Waals surface area contributed by atoms with Crippen LogP contribution in [0.15, 0.2) is 42.7 Å². The van der Waals surface area contributed by atoms with Gasteiger partial charge in [0.05, 0.1) is 6.54 Å². The topological polar surface area (TPSA) is 72.9 Å². The summed E-state index contributed by atoms with van der Waals surface area (Å²) in [6.45, 7) is 2.70. The van der Waals surface area contributed by atoms with Crippen LogP contribution in [0, 0.1) is 0 Å². The monoisotopic (exact) mass is 272 g/mol. The van der Waals surface area contributed by atoms with Crippen molar-refractivity contribution >= 4 is 11.6 Å². The summed E-state index contributed by atoms with van der Waals surface area (Å²) in [5.74, 6) is -0.0424. The van der Waals surface area contributed by atoms with E-state index in [4.69, 9.17) is 5.73 Å². The molecule has 0 saturated carbocycles. The van der Waals surface area contributed by atoms with Gasteiger partial charge in [0.25, 0.3) is 0 Å². The number of hydrogen-bond acceptors (Lipinski definition) is 3. The Balaban J connectivity index is 1.89. The molecule has 5 heteroatoms. The minimum Gasteiger partial charge on any atom is -0.327 e. The Bertz CT molecular complexity index is 534. The molecule has 5 nitrogen and oxygen atoms in total. The van der Waals surface area contributed by atoms with Crippen LogP contribution in [0.2, 0.25) is 0 Å². The lowest BCUT2D eigenvalue weighted by atomic mass is 10.1. The molecule has 1 atom stereocenters. The maximum Gasteiger partial charge on any atom is 0.225 e. The average molecular weight is 272 g/mol. The van der Waals surface area contributed by atoms with Crippen LogP contribution in [-0.4, -0.2) is 21.7 Å². The van der Waals surface area contributed by atoms with E-state index in [-0.39, 0.29) is 11.9 Å². The highest BCUT2D eigenvalue weighted by Gasteiger charge is 2.07. The van der Waals surface area contributed by atoms with Crippen molar-refractivity contribution in [2.75, 3.05) is 5.32 Å². The SMILES string of the molecule is CCC(N)CC(=O)Nc1ccc(Cn2cccn2)cc1. The van der Waals surface area contributed by atoms with Crippen molar-refractivity contribution in [1.82, 2.24) is 9.78 Å². The Hall–Kier alpha value is -2.14. The molecule has 2 rings (SSSR count). The van der Waals surface area contributed by atoms with Gasteiger partial charge in [-0.3, -0.25) is 9.48 Å². The highest BCUT2D eigenvalue weighted by Crippen LogP contribution is 2.11. The number of anilines is 1. The standard InChI is InChI=1S/C15H20N4O/c1-2-13(16)10-15(20)18-14-6-4-12(5-7-14)11-19-9-3-8-17-19/h3-9,13H,2,10-11,16H2,1H3,(H,18,20). The molecular weight excluding hydrogens is 252 g/mol. The first-order valence-corrected chi connectivity index (χ1v) is 6.79. The van der Waals surface area contributed by atoms with Crippen LogP contribution in [0.25, 0.3) is 0 Å². The van der Waals surface area contributed by atoms with E-state index >= 15 is 0 Å². The van der Waals surface area contributed by atoms with Gasteiger partial charge in [0.15, 0.2) is 0 Å². The fraction of sp³-hybridized carbons (Fsp3) is 0.333. The molecule has 0 aliphatic heterocycles. The normalized spacial score (nSPS) is 12.1. The summed E-state index contributed by atoms with van der Waals surface area (Å²) in [7, 11) is 0. The van der Waals surface area contributed by atoms with Gasteiger partial charge in [-0.15, -0.1) is 0 Å². The van der Waals surface area contributed by atoms with Gasteiger partial charge < -0.3 is 11.1 Å². The zero-order valence-corrected chi connectivity index (χ0v) is 11.6. The third kappa shape index (κ3) is 4.20. The van der Waals surface area contributed by atoms with Crippen molar-refractivity contribution in [2.45, 2.75) is 32.4 Å². The number of aromatic nitrogens is 2. The van der Waals surface area contributed by atoms with Gasteiger partial charge in [-0.05, 0) is 30.2 Å². The van der Waals surface area contributed by atoms with Crippen LogP contribution in [0.1, 0.15) is 25.3 Å². The average Bonchev–Trinajstić information content (AvgIpc) is 2.93. The molecule has 106 valence electrons. The fourth-order valence-electron chi connectivity index (χ4n) is 1.87. The minimum absolute atomic E-state index is 0.0424. The zero-order chi connectivity index (χ0) is 14.4. The van der Waals surface area contributed by atoms with E-state index < -0.39 is 0 Å². The number of amides is 1. The molecule has 0 bridgehead atoms. The molecule has 20 heavy (non-hydrogen) atoms. The van der Waals surface area contributed by atoms with E-state index in [0.29, 0.717) is 6.42 Å². The van der Waals surface area contributed by atoms with Crippen LogP contribution in [-0.2, 0) is 11.3 Å². The lowest BCUT2D eigenvalue weighted by molar-refractivity contribution is -0.116. The van der Waals surface area contributed by atoms with Crippen molar-refractivity contribution < 1.29 is 4.79 Å². The zero-order valence-electron chi connectivity index (χ0n) is 11.6. The number of benzene rings is 1. The summed E-state index contributed by atoms with van der Waals surface area (Å²) in [4.78, 5) is 11.7. The summed E-state index contributed by atoms with van der Waals surface area (Å²) >= 11 is 0. The molecule has 0 spiro atoms. The molecule has 1 unspecified atom stereocenters. The van der Waals surface area contributed by atoms with Crippen LogP contribution in [0.5, 0.6) is 0 Å². The van der Waals surface area contributed by atoms with Crippen LogP contribution in [0.3, 0.4) is 0 Å². The number of hydrogen-bond donors (Lipinski definition) is 2. The molecule has 2 aromatic rings. The van der Waals surface area contributed by atoms with E-state index in [1.165, 1.54) is 0 Å². The first kappa shape index (κ1) is 14.3. The van der Waals surface area contributed by atoms with E-state index in [1.807, 2.05) is 48.1 Å². The second kappa shape index (κ2) is 6.86. The Morgan fingerprint density at radius 2 is 2.15 bits per heavy atom. The molecule has 0 fully saturated rings. The maximum atomic E-state index is 11.7. The highest BCUT2D eigenvalue weighted by atomic mass is 16.1. The number of carbonyl (C=O) groups excluding carboxylic acids is 1. The van der Waals surface area contributed by atoms with Crippen molar-refractivity contribution in [1.29, 1.82) is 0 Å². The van der Waals surface area contributed by atoms with Gasteiger partial charge in [0.1, 0.15) is 0 Å². The van der Waals surface area contributed by atoms with Crippen molar-refractivity contribution in [3.63, 3.8) is 0 Å². The highest BCUT2D eigenvalue weighted by molar-refractivity contribution is 5.91. The van der Waals surface area contributed by atoms with Crippen molar-refractivity contribution in [3.8, 4) is 0 Å². The van der Waals surface area contributed by atoms with Gasteiger partial charge >= 0.3 is 0 Å². The third-order valence-corrected chi connectivity index (χ3v) is 3.11.